The van der Waals surface area contributed by atoms with Crippen molar-refractivity contribution in [2.75, 3.05) is 19.8 Å². The maximum Gasteiger partial charge on any atom is 0.342 e. The Kier molecular flexibility index (Phi) is 4.24. The second kappa shape index (κ2) is 6.49. The van der Waals surface area contributed by atoms with Crippen molar-refractivity contribution in [1.82, 2.24) is 0 Å². The van der Waals surface area contributed by atoms with Crippen molar-refractivity contribution >= 4 is 11.8 Å². The van der Waals surface area contributed by atoms with E-state index in [1.807, 2.05) is 0 Å². The van der Waals surface area contributed by atoms with Gasteiger partial charge in [0.05, 0.1) is 0 Å². The Balaban J connectivity index is 1.66. The number of phenols is 2. The van der Waals surface area contributed by atoms with Crippen LogP contribution >= 0.6 is 0 Å². The molecule has 0 unspecified atom stereocenters. The summed E-state index contributed by atoms with van der Waals surface area (Å²) in [6, 6.07) is 8.17. The maximum absolute atomic E-state index is 12.1. The van der Waals surface area contributed by atoms with Crippen LogP contribution in [0, 0.1) is 0 Å². The molecule has 0 spiro atoms. The molecule has 7 heteroatoms. The van der Waals surface area contributed by atoms with Gasteiger partial charge in [0.25, 0.3) is 0 Å². The van der Waals surface area contributed by atoms with Crippen LogP contribution in [0.15, 0.2) is 36.4 Å². The number of hydrogen-bond donors (Lipinski definition) is 2. The molecular formula is C17H14O7. The first kappa shape index (κ1) is 15.7. The molecule has 3 rings (SSSR count). The molecule has 2 aromatic carbocycles. The number of hydrogen-bond acceptors (Lipinski definition) is 7. The maximum atomic E-state index is 12.1. The summed E-state index contributed by atoms with van der Waals surface area (Å²) in [6.07, 6.45) is 0. The van der Waals surface area contributed by atoms with Crippen LogP contribution in [0.25, 0.3) is 0 Å². The van der Waals surface area contributed by atoms with Gasteiger partial charge in [-0.15, -0.1) is 0 Å². The number of fused-ring (bicyclic) bond motifs is 1. The summed E-state index contributed by atoms with van der Waals surface area (Å²) in [4.78, 5) is 24.0. The van der Waals surface area contributed by atoms with Gasteiger partial charge in [-0.05, 0) is 30.3 Å². The van der Waals surface area contributed by atoms with Crippen LogP contribution in [0.1, 0.15) is 20.7 Å². The molecule has 24 heavy (non-hydrogen) atoms. The third-order valence-electron chi connectivity index (χ3n) is 3.40. The third kappa shape index (κ3) is 3.24. The predicted octanol–water partition coefficient (Wildman–Crippen LogP) is 1.91. The van der Waals surface area contributed by atoms with E-state index in [0.29, 0.717) is 30.3 Å². The van der Waals surface area contributed by atoms with Gasteiger partial charge in [-0.2, -0.15) is 0 Å². The molecule has 0 atom stereocenters. The molecule has 0 aliphatic carbocycles. The largest absolute Gasteiger partial charge is 0.508 e. The second-order valence-electron chi connectivity index (χ2n) is 5.06. The third-order valence-corrected chi connectivity index (χ3v) is 3.40. The molecule has 0 aromatic heterocycles. The van der Waals surface area contributed by atoms with Crippen molar-refractivity contribution in [2.45, 2.75) is 0 Å². The summed E-state index contributed by atoms with van der Waals surface area (Å²) >= 11 is 0. The molecule has 2 aromatic rings. The summed E-state index contributed by atoms with van der Waals surface area (Å²) in [5.74, 6) is -0.862. The first-order chi connectivity index (χ1) is 11.5. The van der Waals surface area contributed by atoms with Crippen molar-refractivity contribution in [3.63, 3.8) is 0 Å². The first-order valence-corrected chi connectivity index (χ1v) is 7.16. The Morgan fingerprint density at radius 3 is 2.50 bits per heavy atom. The number of ether oxygens (including phenoxy) is 3. The average Bonchev–Trinajstić information content (AvgIpc) is 2.59. The van der Waals surface area contributed by atoms with Crippen LogP contribution < -0.4 is 9.47 Å². The van der Waals surface area contributed by atoms with Gasteiger partial charge >= 0.3 is 5.97 Å². The smallest absolute Gasteiger partial charge is 0.342 e. The lowest BCUT2D eigenvalue weighted by Gasteiger charge is -2.18. The van der Waals surface area contributed by atoms with Crippen LogP contribution in [-0.4, -0.2) is 41.8 Å². The molecule has 0 saturated carbocycles. The molecule has 1 aliphatic rings. The summed E-state index contributed by atoms with van der Waals surface area (Å²) in [5, 5.41) is 18.8. The van der Waals surface area contributed by atoms with E-state index in [1.54, 1.807) is 12.1 Å². The summed E-state index contributed by atoms with van der Waals surface area (Å²) < 4.78 is 15.7. The Morgan fingerprint density at radius 1 is 1.00 bits per heavy atom. The van der Waals surface area contributed by atoms with E-state index in [-0.39, 0.29) is 11.3 Å². The predicted molar refractivity (Wildman–Crippen MR) is 81.8 cm³/mol. The highest BCUT2D eigenvalue weighted by Gasteiger charge is 2.18. The Morgan fingerprint density at radius 2 is 1.75 bits per heavy atom. The number of carbonyl (C=O) groups excluding carboxylic acids is 2. The number of rotatable bonds is 4. The van der Waals surface area contributed by atoms with Gasteiger partial charge in [0.1, 0.15) is 30.3 Å². The normalized spacial score (nSPS) is 12.5. The van der Waals surface area contributed by atoms with E-state index in [0.717, 1.165) is 6.07 Å². The van der Waals surface area contributed by atoms with Gasteiger partial charge < -0.3 is 24.4 Å². The summed E-state index contributed by atoms with van der Waals surface area (Å²) in [7, 11) is 0. The molecule has 0 amide bonds. The van der Waals surface area contributed by atoms with E-state index in [2.05, 4.69) is 0 Å². The Bertz CT molecular complexity index is 798. The zero-order valence-electron chi connectivity index (χ0n) is 12.5. The van der Waals surface area contributed by atoms with Crippen molar-refractivity contribution in [3.8, 4) is 23.0 Å². The highest BCUT2D eigenvalue weighted by atomic mass is 16.6. The van der Waals surface area contributed by atoms with E-state index >= 15 is 0 Å². The molecule has 0 fully saturated rings. The van der Waals surface area contributed by atoms with Crippen molar-refractivity contribution in [1.29, 1.82) is 0 Å². The molecular weight excluding hydrogens is 316 g/mol. The standard InChI is InChI=1S/C17H14O7/c18-11-2-3-12(13(19)8-11)17(21)24-9-14(20)10-1-4-15-16(7-10)23-6-5-22-15/h1-4,7-8,18-19H,5-6,9H2. The lowest BCUT2D eigenvalue weighted by Crippen LogP contribution is -2.17. The van der Waals surface area contributed by atoms with Gasteiger partial charge in [-0.3, -0.25) is 4.79 Å². The van der Waals surface area contributed by atoms with Crippen LogP contribution in [-0.2, 0) is 4.74 Å². The molecule has 1 aliphatic heterocycles. The number of carbonyl (C=O) groups is 2. The Labute approximate surface area is 137 Å². The summed E-state index contributed by atoms with van der Waals surface area (Å²) in [5.41, 5.74) is 0.185. The second-order valence-corrected chi connectivity index (χ2v) is 5.06. The van der Waals surface area contributed by atoms with Crippen LogP contribution in [0.2, 0.25) is 0 Å². The van der Waals surface area contributed by atoms with E-state index in [1.165, 1.54) is 18.2 Å². The first-order valence-electron chi connectivity index (χ1n) is 7.16. The van der Waals surface area contributed by atoms with E-state index < -0.39 is 24.1 Å². The molecule has 1 heterocycles. The van der Waals surface area contributed by atoms with Gasteiger partial charge in [-0.25, -0.2) is 4.79 Å². The van der Waals surface area contributed by atoms with Crippen molar-refractivity contribution in [2.24, 2.45) is 0 Å². The topological polar surface area (TPSA) is 102 Å². The van der Waals surface area contributed by atoms with Crippen LogP contribution in [0.4, 0.5) is 0 Å². The summed E-state index contributed by atoms with van der Waals surface area (Å²) in [6.45, 7) is 0.368. The average molecular weight is 330 g/mol. The fourth-order valence-corrected chi connectivity index (χ4v) is 2.20. The van der Waals surface area contributed by atoms with Gasteiger partial charge in [0, 0.05) is 11.6 Å². The molecule has 2 N–H and O–H groups in total. The minimum Gasteiger partial charge on any atom is -0.508 e. The van der Waals surface area contributed by atoms with Gasteiger partial charge in [0.15, 0.2) is 23.9 Å². The number of benzene rings is 2. The number of ketones is 1. The number of Topliss-reactive ketones (excluding diaryl/α,β-unsaturated/α-hetero) is 1. The van der Waals surface area contributed by atoms with Crippen molar-refractivity contribution in [3.05, 3.63) is 47.5 Å². The monoisotopic (exact) mass is 330 g/mol. The molecule has 0 radical (unpaired) electrons. The minimum atomic E-state index is -0.863. The molecule has 7 nitrogen and oxygen atoms in total. The minimum absolute atomic E-state index is 0.136. The molecule has 0 bridgehead atoms. The zero-order chi connectivity index (χ0) is 17.1. The lowest BCUT2D eigenvalue weighted by atomic mass is 10.1. The van der Waals surface area contributed by atoms with Crippen molar-refractivity contribution < 1.29 is 34.0 Å². The number of esters is 1. The van der Waals surface area contributed by atoms with E-state index in [9.17, 15) is 19.8 Å². The number of phenolic OH excluding ortho intramolecular Hbond substituents is 2. The zero-order valence-corrected chi connectivity index (χ0v) is 12.5. The highest BCUT2D eigenvalue weighted by molar-refractivity contribution is 6.00. The fraction of sp³-hybridized carbons (Fsp3) is 0.176. The SMILES string of the molecule is O=C(COC(=O)c1ccc(O)cc1O)c1ccc2c(c1)OCCO2. The quantitative estimate of drug-likeness (QED) is 0.652. The van der Waals surface area contributed by atoms with Gasteiger partial charge in [0.2, 0.25) is 0 Å². The molecule has 0 saturated heterocycles. The van der Waals surface area contributed by atoms with Gasteiger partial charge in [-0.1, -0.05) is 0 Å². The lowest BCUT2D eigenvalue weighted by molar-refractivity contribution is 0.0471. The van der Waals surface area contributed by atoms with Crippen LogP contribution in [0.5, 0.6) is 23.0 Å². The number of aromatic hydroxyl groups is 2. The van der Waals surface area contributed by atoms with E-state index in [4.69, 9.17) is 14.2 Å². The fourth-order valence-electron chi connectivity index (χ4n) is 2.20. The highest BCUT2D eigenvalue weighted by Crippen LogP contribution is 2.31. The van der Waals surface area contributed by atoms with Crippen LogP contribution in [0.3, 0.4) is 0 Å². The molecule has 124 valence electrons. The Hall–Kier alpha value is -3.22.